The van der Waals surface area contributed by atoms with E-state index in [0.29, 0.717) is 5.69 Å². The molecule has 0 radical (unpaired) electrons. The third-order valence-electron chi connectivity index (χ3n) is 3.04. The molecule has 0 spiro atoms. The fraction of sp³-hybridized carbons (Fsp3) is 0.308. The first-order chi connectivity index (χ1) is 9.75. The van der Waals surface area contributed by atoms with Crippen molar-refractivity contribution in [2.45, 2.75) is 29.6 Å². The minimum Gasteiger partial charge on any atom is -0.383 e. The number of amidine groups is 1. The van der Waals surface area contributed by atoms with Gasteiger partial charge in [0.15, 0.2) is 9.84 Å². The van der Waals surface area contributed by atoms with E-state index in [0.717, 1.165) is 0 Å². The summed E-state index contributed by atoms with van der Waals surface area (Å²) in [5, 5.41) is -0.339. The fourth-order valence-corrected chi connectivity index (χ4v) is 3.50. The van der Waals surface area contributed by atoms with Gasteiger partial charge in [0.2, 0.25) is 5.62 Å². The Bertz CT molecular complexity index is 714. The number of hydrogen-bond donors (Lipinski definition) is 1. The lowest BCUT2D eigenvalue weighted by Crippen LogP contribution is -2.33. The molecule has 1 aliphatic heterocycles. The third kappa shape index (κ3) is 3.02. The fourth-order valence-electron chi connectivity index (χ4n) is 1.84. The SMILES string of the molecule is CC(C)S(=O)(=O)c1ccccc1N1C=C(Cl)C(N)=NC1Cl. The first-order valence-corrected chi connectivity index (χ1v) is 8.57. The Morgan fingerprint density at radius 2 is 1.95 bits per heavy atom. The zero-order valence-corrected chi connectivity index (χ0v) is 13.8. The highest BCUT2D eigenvalue weighted by molar-refractivity contribution is 7.92. The van der Waals surface area contributed by atoms with Gasteiger partial charge in [0.05, 0.1) is 20.9 Å². The summed E-state index contributed by atoms with van der Waals surface area (Å²) in [4.78, 5) is 5.64. The van der Waals surface area contributed by atoms with Crippen LogP contribution < -0.4 is 10.6 Å². The van der Waals surface area contributed by atoms with E-state index in [4.69, 9.17) is 28.9 Å². The molecule has 1 aromatic rings. The monoisotopic (exact) mass is 347 g/mol. The van der Waals surface area contributed by atoms with Crippen LogP contribution in [0.2, 0.25) is 0 Å². The molecule has 1 aromatic carbocycles. The quantitative estimate of drug-likeness (QED) is 0.673. The van der Waals surface area contributed by atoms with Crippen molar-refractivity contribution in [3.8, 4) is 0 Å². The molecule has 1 heterocycles. The molecule has 0 saturated carbocycles. The molecule has 0 aliphatic carbocycles. The summed E-state index contributed by atoms with van der Waals surface area (Å²) in [5.41, 5.74) is 5.17. The van der Waals surface area contributed by atoms with Gasteiger partial charge in [-0.3, -0.25) is 0 Å². The molecule has 0 bridgehead atoms. The molecular formula is C13H15Cl2N3O2S. The first-order valence-electron chi connectivity index (χ1n) is 6.21. The molecule has 21 heavy (non-hydrogen) atoms. The number of alkyl halides is 1. The van der Waals surface area contributed by atoms with Crippen molar-refractivity contribution in [3.63, 3.8) is 0 Å². The average molecular weight is 348 g/mol. The predicted molar refractivity (Wildman–Crippen MR) is 86.4 cm³/mol. The third-order valence-corrected chi connectivity index (χ3v) is 5.84. The number of anilines is 1. The summed E-state index contributed by atoms with van der Waals surface area (Å²) >= 11 is 12.1. The summed E-state index contributed by atoms with van der Waals surface area (Å²) in [7, 11) is -3.46. The Hall–Kier alpha value is -1.24. The molecule has 2 N–H and O–H groups in total. The van der Waals surface area contributed by atoms with Crippen LogP contribution in [0.15, 0.2) is 45.4 Å². The standard InChI is InChI=1S/C13H15Cl2N3O2S/c1-8(2)21(19,20)11-6-4-3-5-10(11)18-7-9(14)12(16)17-13(18)15/h3-8,13H,1-2H3,(H2,16,17). The molecule has 1 aliphatic rings. The number of halogens is 2. The Morgan fingerprint density at radius 3 is 2.57 bits per heavy atom. The van der Waals surface area contributed by atoms with Gasteiger partial charge in [0, 0.05) is 6.20 Å². The molecule has 5 nitrogen and oxygen atoms in total. The van der Waals surface area contributed by atoms with Gasteiger partial charge in [-0.2, -0.15) is 0 Å². The number of benzene rings is 1. The van der Waals surface area contributed by atoms with Gasteiger partial charge in [-0.15, -0.1) is 0 Å². The second-order valence-corrected chi connectivity index (χ2v) is 8.04. The number of sulfone groups is 1. The number of nitrogens with zero attached hydrogens (tertiary/aromatic N) is 2. The molecule has 114 valence electrons. The number of rotatable bonds is 3. The highest BCUT2D eigenvalue weighted by atomic mass is 35.5. The molecule has 1 atom stereocenters. The van der Waals surface area contributed by atoms with Crippen LogP contribution in [0.3, 0.4) is 0 Å². The minimum atomic E-state index is -3.46. The Labute approximate surface area is 134 Å². The van der Waals surface area contributed by atoms with E-state index in [9.17, 15) is 8.42 Å². The van der Waals surface area contributed by atoms with E-state index >= 15 is 0 Å². The summed E-state index contributed by atoms with van der Waals surface area (Å²) in [5.74, 6) is 0.122. The van der Waals surface area contributed by atoms with Crippen molar-refractivity contribution in [2.24, 2.45) is 10.7 Å². The highest BCUT2D eigenvalue weighted by Gasteiger charge is 2.28. The van der Waals surface area contributed by atoms with Gasteiger partial charge in [-0.1, -0.05) is 35.3 Å². The highest BCUT2D eigenvalue weighted by Crippen LogP contribution is 2.33. The van der Waals surface area contributed by atoms with Gasteiger partial charge in [0.25, 0.3) is 0 Å². The average Bonchev–Trinajstić information content (AvgIpc) is 2.42. The van der Waals surface area contributed by atoms with E-state index in [1.807, 2.05) is 0 Å². The Kier molecular flexibility index (Phi) is 4.51. The molecule has 0 fully saturated rings. The Balaban J connectivity index is 2.57. The van der Waals surface area contributed by atoms with E-state index < -0.39 is 20.7 Å². The van der Waals surface area contributed by atoms with Crippen LogP contribution in [0, 0.1) is 0 Å². The van der Waals surface area contributed by atoms with Crippen LogP contribution in [-0.4, -0.2) is 25.1 Å². The number of hydrogen-bond acceptors (Lipinski definition) is 5. The van der Waals surface area contributed by atoms with Crippen molar-refractivity contribution >= 4 is 44.6 Å². The first kappa shape index (κ1) is 16.1. The molecular weight excluding hydrogens is 333 g/mol. The molecule has 0 aromatic heterocycles. The molecule has 0 saturated heterocycles. The lowest BCUT2D eigenvalue weighted by Gasteiger charge is -2.29. The topological polar surface area (TPSA) is 75.8 Å². The van der Waals surface area contributed by atoms with Crippen molar-refractivity contribution in [1.82, 2.24) is 0 Å². The number of nitrogens with two attached hydrogens (primary N) is 1. The maximum Gasteiger partial charge on any atom is 0.203 e. The van der Waals surface area contributed by atoms with E-state index in [1.165, 1.54) is 17.2 Å². The molecule has 2 rings (SSSR count). The van der Waals surface area contributed by atoms with E-state index in [1.54, 1.807) is 32.0 Å². The van der Waals surface area contributed by atoms with E-state index in [2.05, 4.69) is 4.99 Å². The second kappa shape index (κ2) is 5.87. The minimum absolute atomic E-state index is 0.122. The van der Waals surface area contributed by atoms with Crippen LogP contribution in [-0.2, 0) is 9.84 Å². The van der Waals surface area contributed by atoms with Crippen LogP contribution in [0.4, 0.5) is 5.69 Å². The van der Waals surface area contributed by atoms with Crippen molar-refractivity contribution in [3.05, 3.63) is 35.5 Å². The van der Waals surface area contributed by atoms with Gasteiger partial charge in [0.1, 0.15) is 5.84 Å². The lowest BCUT2D eigenvalue weighted by molar-refractivity contribution is 0.587. The van der Waals surface area contributed by atoms with Crippen molar-refractivity contribution < 1.29 is 8.42 Å². The Morgan fingerprint density at radius 1 is 1.33 bits per heavy atom. The van der Waals surface area contributed by atoms with E-state index in [-0.39, 0.29) is 15.8 Å². The normalized spacial score (nSPS) is 19.5. The van der Waals surface area contributed by atoms with Gasteiger partial charge in [-0.25, -0.2) is 13.4 Å². The van der Waals surface area contributed by atoms with Gasteiger partial charge >= 0.3 is 0 Å². The number of para-hydroxylation sites is 1. The van der Waals surface area contributed by atoms with Gasteiger partial charge < -0.3 is 10.6 Å². The number of aliphatic imine (C=N–C) groups is 1. The van der Waals surface area contributed by atoms with Crippen LogP contribution >= 0.6 is 23.2 Å². The van der Waals surface area contributed by atoms with Crippen LogP contribution in [0.25, 0.3) is 0 Å². The summed E-state index contributed by atoms with van der Waals surface area (Å²) in [6.45, 7) is 3.25. The summed E-state index contributed by atoms with van der Waals surface area (Å²) in [6.07, 6.45) is 1.48. The second-order valence-electron chi connectivity index (χ2n) is 4.77. The van der Waals surface area contributed by atoms with Crippen molar-refractivity contribution in [2.75, 3.05) is 4.90 Å². The summed E-state index contributed by atoms with van der Waals surface area (Å²) < 4.78 is 24.9. The zero-order valence-electron chi connectivity index (χ0n) is 11.5. The van der Waals surface area contributed by atoms with Crippen molar-refractivity contribution in [1.29, 1.82) is 0 Å². The summed E-state index contributed by atoms with van der Waals surface area (Å²) in [6, 6.07) is 6.58. The predicted octanol–water partition coefficient (Wildman–Crippen LogP) is 2.65. The van der Waals surface area contributed by atoms with Gasteiger partial charge in [-0.05, 0) is 26.0 Å². The molecule has 1 unspecified atom stereocenters. The zero-order chi connectivity index (χ0) is 15.8. The van der Waals surface area contributed by atoms with Crippen LogP contribution in [0.5, 0.6) is 0 Å². The lowest BCUT2D eigenvalue weighted by atomic mass is 10.3. The maximum absolute atomic E-state index is 12.5. The smallest absolute Gasteiger partial charge is 0.203 e. The molecule has 8 heteroatoms. The maximum atomic E-state index is 12.5. The molecule has 0 amide bonds. The van der Waals surface area contributed by atoms with Crippen LogP contribution in [0.1, 0.15) is 13.8 Å². The largest absolute Gasteiger partial charge is 0.383 e.